The summed E-state index contributed by atoms with van der Waals surface area (Å²) in [6.45, 7) is 17.1. The average molecular weight is 744 g/mol. The molecule has 12 heteroatoms. The molecular weight excluding hydrogens is 686 g/mol. The highest BCUT2D eigenvalue weighted by molar-refractivity contribution is 7.99. The number of fused-ring (bicyclic) bond motifs is 1. The second-order valence-electron chi connectivity index (χ2n) is 13.4. The van der Waals surface area contributed by atoms with Crippen molar-refractivity contribution in [2.45, 2.75) is 64.1 Å². The number of hydrogen-bond acceptors (Lipinski definition) is 10. The number of ether oxygens (including phenoxy) is 4. The fraction of sp³-hybridized carbons (Fsp3) is 0.590. The zero-order valence-electron chi connectivity index (χ0n) is 31.0. The van der Waals surface area contributed by atoms with Crippen molar-refractivity contribution in [1.29, 1.82) is 0 Å². The molecule has 2 N–H and O–H groups in total. The maximum Gasteiger partial charge on any atom is 0.129 e. The van der Waals surface area contributed by atoms with Crippen LogP contribution in [-0.2, 0) is 37.5 Å². The maximum atomic E-state index is 10.2. The van der Waals surface area contributed by atoms with Gasteiger partial charge in [-0.3, -0.25) is 4.98 Å². The standard InChI is InChI=1S/C39H58ClN5O5S/c1-7-19-47-20-21-48-22-23-49-24-25-50-26-28-51-27-9-17-45-35-11-10-32(40)29-34(35)43-37(45)31-44(6)36-30-41-15-12-33(36)39(8-2,14-18-46)13-16-42-38(3,4)5/h1,8,10-12,15,29-30,42,46H,2,9,13-14,16-28,31H2,3-6H3. The topological polar surface area (TPSA) is 103 Å². The molecule has 1 aromatic carbocycles. The lowest BCUT2D eigenvalue weighted by Gasteiger charge is -2.36. The number of nitrogens with zero attached hydrogens (tertiary/aromatic N) is 4. The molecule has 1 unspecified atom stereocenters. The number of imidazole rings is 1. The Hall–Kier alpha value is -2.66. The van der Waals surface area contributed by atoms with E-state index in [9.17, 15) is 5.11 Å². The number of hydrogen-bond donors (Lipinski definition) is 2. The van der Waals surface area contributed by atoms with Crippen molar-refractivity contribution in [2.75, 3.05) is 89.5 Å². The highest BCUT2D eigenvalue weighted by atomic mass is 35.5. The lowest BCUT2D eigenvalue weighted by molar-refractivity contribution is 0.00311. The number of benzene rings is 1. The van der Waals surface area contributed by atoms with Gasteiger partial charge >= 0.3 is 0 Å². The van der Waals surface area contributed by atoms with Crippen LogP contribution < -0.4 is 10.2 Å². The minimum atomic E-state index is -0.422. The van der Waals surface area contributed by atoms with Gasteiger partial charge in [0.1, 0.15) is 12.4 Å². The van der Waals surface area contributed by atoms with E-state index in [1.165, 1.54) is 0 Å². The normalized spacial score (nSPS) is 13.0. The largest absolute Gasteiger partial charge is 0.396 e. The number of halogens is 1. The van der Waals surface area contributed by atoms with Crippen LogP contribution in [-0.4, -0.2) is 110 Å². The smallest absolute Gasteiger partial charge is 0.129 e. The molecule has 0 fully saturated rings. The Morgan fingerprint density at radius 1 is 1.04 bits per heavy atom. The van der Waals surface area contributed by atoms with E-state index in [2.05, 4.69) is 72.2 Å². The van der Waals surface area contributed by atoms with E-state index in [1.807, 2.05) is 42.4 Å². The van der Waals surface area contributed by atoms with Crippen molar-refractivity contribution < 1.29 is 24.1 Å². The number of rotatable bonds is 27. The average Bonchev–Trinajstić information content (AvgIpc) is 3.43. The summed E-state index contributed by atoms with van der Waals surface area (Å²) in [6, 6.07) is 7.98. The van der Waals surface area contributed by atoms with Crippen LogP contribution in [0.3, 0.4) is 0 Å². The van der Waals surface area contributed by atoms with E-state index < -0.39 is 5.41 Å². The Morgan fingerprint density at radius 3 is 2.41 bits per heavy atom. The van der Waals surface area contributed by atoms with Gasteiger partial charge in [-0.2, -0.15) is 11.8 Å². The molecule has 0 aliphatic rings. The molecule has 282 valence electrons. The predicted octanol–water partition coefficient (Wildman–Crippen LogP) is 6.13. The van der Waals surface area contributed by atoms with Gasteiger partial charge in [0.25, 0.3) is 0 Å². The summed E-state index contributed by atoms with van der Waals surface area (Å²) in [4.78, 5) is 11.8. The fourth-order valence-electron chi connectivity index (χ4n) is 5.84. The van der Waals surface area contributed by atoms with E-state index >= 15 is 0 Å². The van der Waals surface area contributed by atoms with Crippen LogP contribution in [0.5, 0.6) is 0 Å². The minimum absolute atomic E-state index is 0.00977. The summed E-state index contributed by atoms with van der Waals surface area (Å²) in [5.41, 5.74) is 3.62. The molecule has 51 heavy (non-hydrogen) atoms. The predicted molar refractivity (Wildman–Crippen MR) is 211 cm³/mol. The van der Waals surface area contributed by atoms with Gasteiger partial charge < -0.3 is 38.8 Å². The van der Waals surface area contributed by atoms with E-state index in [4.69, 9.17) is 42.0 Å². The summed E-state index contributed by atoms with van der Waals surface area (Å²) in [5.74, 6) is 5.31. The molecule has 0 aliphatic heterocycles. The molecule has 0 saturated heterocycles. The van der Waals surface area contributed by atoms with E-state index in [-0.39, 0.29) is 12.1 Å². The second-order valence-corrected chi connectivity index (χ2v) is 15.0. The molecule has 0 saturated carbocycles. The van der Waals surface area contributed by atoms with Crippen molar-refractivity contribution in [2.24, 2.45) is 0 Å². The molecule has 3 aromatic rings. The van der Waals surface area contributed by atoms with Gasteiger partial charge in [0.15, 0.2) is 0 Å². The summed E-state index contributed by atoms with van der Waals surface area (Å²) >= 11 is 8.27. The number of allylic oxidation sites excluding steroid dienone is 1. The molecule has 3 rings (SSSR count). The second kappa shape index (κ2) is 23.1. The Balaban J connectivity index is 1.55. The van der Waals surface area contributed by atoms with Crippen molar-refractivity contribution >= 4 is 40.1 Å². The summed E-state index contributed by atoms with van der Waals surface area (Å²) in [6.07, 6.45) is 13.2. The quantitative estimate of drug-likeness (QED) is 0.0539. The van der Waals surface area contributed by atoms with Crippen LogP contribution in [0.25, 0.3) is 11.0 Å². The number of terminal acetylenes is 1. The highest BCUT2D eigenvalue weighted by Gasteiger charge is 2.32. The van der Waals surface area contributed by atoms with E-state index in [1.54, 1.807) is 0 Å². The molecule has 2 heterocycles. The SMILES string of the molecule is C#CCOCCOCCOCCOCCSCCCn1c(CN(C)c2cnccc2C(C=C)(CCO)CCNC(C)(C)C)nc2cc(Cl)ccc21. The Bertz CT molecular complexity index is 1490. The third kappa shape index (κ3) is 14.7. The van der Waals surface area contributed by atoms with Crippen molar-refractivity contribution in [3.63, 3.8) is 0 Å². The number of aromatic nitrogens is 3. The molecule has 10 nitrogen and oxygen atoms in total. The third-order valence-electron chi connectivity index (χ3n) is 8.43. The van der Waals surface area contributed by atoms with Crippen LogP contribution in [0.4, 0.5) is 5.69 Å². The molecule has 0 radical (unpaired) electrons. The van der Waals surface area contributed by atoms with E-state index in [0.29, 0.717) is 70.8 Å². The first-order chi connectivity index (χ1) is 24.6. The zero-order valence-corrected chi connectivity index (χ0v) is 32.6. The first-order valence-corrected chi connectivity index (χ1v) is 19.3. The zero-order chi connectivity index (χ0) is 37.0. The highest BCUT2D eigenvalue weighted by Crippen LogP contribution is 2.39. The minimum Gasteiger partial charge on any atom is -0.396 e. The van der Waals surface area contributed by atoms with Gasteiger partial charge in [-0.1, -0.05) is 23.6 Å². The molecule has 1 atom stereocenters. The van der Waals surface area contributed by atoms with Crippen LogP contribution in [0.15, 0.2) is 49.3 Å². The molecular formula is C39H58ClN5O5S. The van der Waals surface area contributed by atoms with Crippen LogP contribution in [0, 0.1) is 12.3 Å². The number of aliphatic hydroxyl groups excluding tert-OH is 1. The first-order valence-electron chi connectivity index (χ1n) is 17.8. The van der Waals surface area contributed by atoms with Crippen molar-refractivity contribution in [3.05, 3.63) is 65.7 Å². The number of thioether (sulfide) groups is 1. The van der Waals surface area contributed by atoms with Gasteiger partial charge in [0, 0.05) is 48.1 Å². The summed E-state index contributed by atoms with van der Waals surface area (Å²) in [7, 11) is 2.08. The van der Waals surface area contributed by atoms with E-state index in [0.717, 1.165) is 65.5 Å². The summed E-state index contributed by atoms with van der Waals surface area (Å²) < 4.78 is 24.2. The Kier molecular flexibility index (Phi) is 19.4. The van der Waals surface area contributed by atoms with Gasteiger partial charge in [0.05, 0.1) is 75.7 Å². The van der Waals surface area contributed by atoms with Gasteiger partial charge in [-0.05, 0) is 82.2 Å². The van der Waals surface area contributed by atoms with Gasteiger partial charge in [-0.15, -0.1) is 13.0 Å². The van der Waals surface area contributed by atoms with Gasteiger partial charge in [-0.25, -0.2) is 4.98 Å². The number of aryl methyl sites for hydroxylation is 1. The molecule has 0 spiro atoms. The van der Waals surface area contributed by atoms with Crippen LogP contribution in [0.2, 0.25) is 5.02 Å². The van der Waals surface area contributed by atoms with Crippen molar-refractivity contribution in [3.8, 4) is 12.3 Å². The molecule has 0 aliphatic carbocycles. The first kappa shape index (κ1) is 42.8. The fourth-order valence-corrected chi connectivity index (χ4v) is 6.78. The van der Waals surface area contributed by atoms with Crippen molar-refractivity contribution in [1.82, 2.24) is 19.9 Å². The molecule has 0 bridgehead atoms. The number of pyridine rings is 1. The van der Waals surface area contributed by atoms with Gasteiger partial charge in [0.2, 0.25) is 0 Å². The van der Waals surface area contributed by atoms with Crippen LogP contribution in [0.1, 0.15) is 51.4 Å². The summed E-state index contributed by atoms with van der Waals surface area (Å²) in [5, 5.41) is 14.4. The Morgan fingerprint density at radius 2 is 1.75 bits per heavy atom. The lowest BCUT2D eigenvalue weighted by atomic mass is 9.74. The lowest BCUT2D eigenvalue weighted by Crippen LogP contribution is -2.40. The number of nitrogens with one attached hydrogen (secondary N) is 1. The number of anilines is 1. The number of aliphatic hydroxyl groups is 1. The maximum absolute atomic E-state index is 10.2. The van der Waals surface area contributed by atoms with Crippen LogP contribution >= 0.6 is 23.4 Å². The molecule has 2 aromatic heterocycles. The third-order valence-corrected chi connectivity index (χ3v) is 9.70. The monoisotopic (exact) mass is 743 g/mol. The Labute approximate surface area is 314 Å². The molecule has 0 amide bonds.